The number of likely N-dealkylation sites (N-methyl/N-ethyl adjacent to an activating group) is 1. The second kappa shape index (κ2) is 13.6. The lowest BCUT2D eigenvalue weighted by molar-refractivity contribution is -0.132. The number of H-pyrrole nitrogens is 1. The minimum atomic E-state index is -0.0137. The Morgan fingerprint density at radius 3 is 2.73 bits per heavy atom. The average molecular weight is 545 g/mol. The molecule has 0 bridgehead atoms. The number of nitrogens with zero attached hydrogens (tertiary/aromatic N) is 4. The first-order valence-electron chi connectivity index (χ1n) is 12.5. The summed E-state index contributed by atoms with van der Waals surface area (Å²) in [7, 11) is 1.78. The third-order valence-electron chi connectivity index (χ3n) is 6.90. The topological polar surface area (TPSA) is 72.5 Å². The normalized spacial score (nSPS) is 15.0. The van der Waals surface area contributed by atoms with Gasteiger partial charge >= 0.3 is 0 Å². The molecular weight excluding hydrogens is 509 g/mol. The highest BCUT2D eigenvalue weighted by molar-refractivity contribution is 6.30. The molecule has 0 aliphatic carbocycles. The number of rotatable bonds is 10. The summed E-state index contributed by atoms with van der Waals surface area (Å²) >= 11 is 6.15. The second-order valence-electron chi connectivity index (χ2n) is 9.47. The molecule has 1 N–H and O–H groups in total. The summed E-state index contributed by atoms with van der Waals surface area (Å²) in [4.78, 5) is 39.4. The SMILES string of the molecule is Cc1ccccc1CN(CC(=O)N(C)c1cccc(Cl)c1)C[C@@H]1CCCN1C(=O)CCc1c[nH]cn1.Cl. The van der Waals surface area contributed by atoms with Crippen molar-refractivity contribution in [3.8, 4) is 0 Å². The van der Waals surface area contributed by atoms with Crippen LogP contribution in [0.2, 0.25) is 5.02 Å². The molecular formula is C28H35Cl2N5O2. The quantitative estimate of drug-likeness (QED) is 0.395. The van der Waals surface area contributed by atoms with Gasteiger partial charge in [-0.25, -0.2) is 4.98 Å². The molecule has 1 aliphatic heterocycles. The Morgan fingerprint density at radius 2 is 2.00 bits per heavy atom. The molecule has 4 rings (SSSR count). The van der Waals surface area contributed by atoms with E-state index >= 15 is 0 Å². The van der Waals surface area contributed by atoms with Crippen LogP contribution < -0.4 is 4.90 Å². The van der Waals surface area contributed by atoms with Crippen LogP contribution in [0.15, 0.2) is 61.1 Å². The van der Waals surface area contributed by atoms with Crippen molar-refractivity contribution in [1.29, 1.82) is 0 Å². The number of nitrogens with one attached hydrogen (secondary N) is 1. The molecule has 2 amide bonds. The number of carbonyl (C=O) groups is 2. The standard InChI is InChI=1S/C28H34ClN5O2.ClH/c1-21-7-3-4-8-22(21)17-33(19-28(36)32(2)25-10-5-9-23(29)15-25)18-26-11-6-14-34(26)27(35)13-12-24-16-30-20-31-24;/h3-5,7-10,15-16,20,26H,6,11-14,17-19H2,1-2H3,(H,30,31);1H/t26-;/m0./s1. The van der Waals surface area contributed by atoms with Crippen LogP contribution in [0.1, 0.15) is 36.1 Å². The van der Waals surface area contributed by atoms with E-state index in [-0.39, 0.29) is 36.8 Å². The fourth-order valence-corrected chi connectivity index (χ4v) is 4.98. The first kappa shape index (κ1) is 28.7. The minimum Gasteiger partial charge on any atom is -0.351 e. The van der Waals surface area contributed by atoms with E-state index in [1.54, 1.807) is 30.4 Å². The van der Waals surface area contributed by atoms with Gasteiger partial charge in [-0.2, -0.15) is 0 Å². The number of benzene rings is 2. The van der Waals surface area contributed by atoms with Gasteiger partial charge in [-0.05, 0) is 55.5 Å². The van der Waals surface area contributed by atoms with Crippen molar-refractivity contribution in [2.24, 2.45) is 0 Å². The highest BCUT2D eigenvalue weighted by Gasteiger charge is 2.31. The molecule has 37 heavy (non-hydrogen) atoms. The van der Waals surface area contributed by atoms with Gasteiger partial charge in [0.25, 0.3) is 0 Å². The monoisotopic (exact) mass is 543 g/mol. The molecule has 198 valence electrons. The molecule has 0 saturated carbocycles. The predicted octanol–water partition coefficient (Wildman–Crippen LogP) is 4.88. The maximum atomic E-state index is 13.3. The number of amides is 2. The van der Waals surface area contributed by atoms with Crippen LogP contribution in [-0.4, -0.2) is 64.3 Å². The fourth-order valence-electron chi connectivity index (χ4n) is 4.80. The predicted molar refractivity (Wildman–Crippen MR) is 150 cm³/mol. The number of likely N-dealkylation sites (tertiary alicyclic amines) is 1. The summed E-state index contributed by atoms with van der Waals surface area (Å²) < 4.78 is 0. The third-order valence-corrected chi connectivity index (χ3v) is 7.14. The van der Waals surface area contributed by atoms with Gasteiger partial charge in [-0.15, -0.1) is 12.4 Å². The van der Waals surface area contributed by atoms with Gasteiger partial charge in [0.1, 0.15) is 0 Å². The van der Waals surface area contributed by atoms with Crippen LogP contribution in [0.5, 0.6) is 0 Å². The molecule has 2 aromatic carbocycles. The lowest BCUT2D eigenvalue weighted by atomic mass is 10.1. The molecule has 2 heterocycles. The van der Waals surface area contributed by atoms with Crippen LogP contribution in [0.4, 0.5) is 5.69 Å². The maximum Gasteiger partial charge on any atom is 0.240 e. The van der Waals surface area contributed by atoms with Gasteiger partial charge < -0.3 is 14.8 Å². The van der Waals surface area contributed by atoms with E-state index in [1.807, 2.05) is 35.4 Å². The van der Waals surface area contributed by atoms with E-state index < -0.39 is 0 Å². The molecule has 1 atom stereocenters. The third kappa shape index (κ3) is 7.81. The van der Waals surface area contributed by atoms with Crippen LogP contribution >= 0.6 is 24.0 Å². The Hall–Kier alpha value is -2.87. The molecule has 3 aromatic rings. The number of halogens is 2. The first-order valence-corrected chi connectivity index (χ1v) is 12.8. The van der Waals surface area contributed by atoms with Gasteiger partial charge in [0.2, 0.25) is 11.8 Å². The Kier molecular flexibility index (Phi) is 10.6. The Morgan fingerprint density at radius 1 is 1.19 bits per heavy atom. The van der Waals surface area contributed by atoms with E-state index in [2.05, 4.69) is 33.9 Å². The van der Waals surface area contributed by atoms with E-state index in [1.165, 1.54) is 11.1 Å². The molecule has 0 unspecified atom stereocenters. The number of anilines is 1. The first-order chi connectivity index (χ1) is 17.4. The fraction of sp³-hybridized carbons (Fsp3) is 0.393. The van der Waals surface area contributed by atoms with Crippen molar-refractivity contribution in [3.63, 3.8) is 0 Å². The second-order valence-corrected chi connectivity index (χ2v) is 9.91. The van der Waals surface area contributed by atoms with Crippen molar-refractivity contribution < 1.29 is 9.59 Å². The lowest BCUT2D eigenvalue weighted by Crippen LogP contribution is -2.46. The van der Waals surface area contributed by atoms with Crippen molar-refractivity contribution in [1.82, 2.24) is 19.8 Å². The summed E-state index contributed by atoms with van der Waals surface area (Å²) in [5, 5.41) is 0.596. The molecule has 1 fully saturated rings. The number of aromatic nitrogens is 2. The molecule has 1 aromatic heterocycles. The Balaban J connectivity index is 0.00000380. The molecule has 7 nitrogen and oxygen atoms in total. The number of aromatic amines is 1. The van der Waals surface area contributed by atoms with Crippen LogP contribution in [-0.2, 0) is 22.6 Å². The summed E-state index contributed by atoms with van der Waals surface area (Å²) in [6.45, 7) is 4.40. The molecule has 0 spiro atoms. The Bertz CT molecular complexity index is 1170. The van der Waals surface area contributed by atoms with Crippen LogP contribution in [0.3, 0.4) is 0 Å². The van der Waals surface area contributed by atoms with Gasteiger partial charge in [0.05, 0.1) is 18.6 Å². The lowest BCUT2D eigenvalue weighted by Gasteiger charge is -2.32. The molecule has 0 radical (unpaired) electrons. The highest BCUT2D eigenvalue weighted by atomic mass is 35.5. The maximum absolute atomic E-state index is 13.3. The van der Waals surface area contributed by atoms with Gasteiger partial charge in [-0.1, -0.05) is 41.9 Å². The number of imidazole rings is 1. The van der Waals surface area contributed by atoms with Crippen LogP contribution in [0, 0.1) is 6.92 Å². The van der Waals surface area contributed by atoms with Crippen molar-refractivity contribution in [2.75, 3.05) is 31.6 Å². The zero-order chi connectivity index (χ0) is 25.5. The summed E-state index contributed by atoms with van der Waals surface area (Å²) in [6.07, 6.45) is 6.46. The smallest absolute Gasteiger partial charge is 0.240 e. The summed E-state index contributed by atoms with van der Waals surface area (Å²) in [5.41, 5.74) is 4.04. The number of carbonyl (C=O) groups excluding carboxylic acids is 2. The summed E-state index contributed by atoms with van der Waals surface area (Å²) in [5.74, 6) is 0.138. The number of aryl methyl sites for hydroxylation is 2. The van der Waals surface area contributed by atoms with Crippen molar-refractivity contribution >= 4 is 41.5 Å². The number of hydrogen-bond acceptors (Lipinski definition) is 4. The van der Waals surface area contributed by atoms with E-state index in [9.17, 15) is 9.59 Å². The van der Waals surface area contributed by atoms with Gasteiger partial charge in [-0.3, -0.25) is 14.5 Å². The highest BCUT2D eigenvalue weighted by Crippen LogP contribution is 2.23. The zero-order valence-corrected chi connectivity index (χ0v) is 23.0. The molecule has 1 saturated heterocycles. The van der Waals surface area contributed by atoms with Crippen molar-refractivity contribution in [3.05, 3.63) is 82.9 Å². The molecule has 1 aliphatic rings. The average Bonchev–Trinajstić information content (AvgIpc) is 3.56. The largest absolute Gasteiger partial charge is 0.351 e. The summed E-state index contributed by atoms with van der Waals surface area (Å²) in [6, 6.07) is 15.7. The molecule has 9 heteroatoms. The van der Waals surface area contributed by atoms with Gasteiger partial charge in [0, 0.05) is 56.1 Å². The Labute approximate surface area is 230 Å². The van der Waals surface area contributed by atoms with E-state index in [4.69, 9.17) is 11.6 Å². The zero-order valence-electron chi connectivity index (χ0n) is 21.4. The minimum absolute atomic E-state index is 0. The number of hydrogen-bond donors (Lipinski definition) is 1. The van der Waals surface area contributed by atoms with E-state index in [0.29, 0.717) is 31.0 Å². The van der Waals surface area contributed by atoms with Crippen LogP contribution in [0.25, 0.3) is 0 Å². The van der Waals surface area contributed by atoms with E-state index in [0.717, 1.165) is 30.8 Å². The van der Waals surface area contributed by atoms with Gasteiger partial charge in [0.15, 0.2) is 0 Å². The van der Waals surface area contributed by atoms with Crippen molar-refractivity contribution in [2.45, 2.75) is 45.2 Å².